The van der Waals surface area contributed by atoms with Crippen molar-refractivity contribution in [1.29, 1.82) is 0 Å². The van der Waals surface area contributed by atoms with E-state index < -0.39 is 0 Å². The Balaban J connectivity index is 0.00000289. The fourth-order valence-corrected chi connectivity index (χ4v) is 2.17. The van der Waals surface area contributed by atoms with Gasteiger partial charge in [-0.2, -0.15) is 0 Å². The van der Waals surface area contributed by atoms with Crippen LogP contribution in [0.4, 0.5) is 5.69 Å². The number of hydrogen-bond acceptors (Lipinski definition) is 1. The van der Waals surface area contributed by atoms with E-state index in [0.29, 0.717) is 6.04 Å². The third-order valence-corrected chi connectivity index (χ3v) is 3.39. The average Bonchev–Trinajstić information content (AvgIpc) is 2.35. The molecule has 0 amide bonds. The highest BCUT2D eigenvalue weighted by atomic mass is 35.5. The Hall–Kier alpha value is -0.760. The summed E-state index contributed by atoms with van der Waals surface area (Å²) in [4.78, 5) is 2.14. The number of pyridine rings is 1. The first-order chi connectivity index (χ1) is 8.19. The van der Waals surface area contributed by atoms with E-state index in [2.05, 4.69) is 61.9 Å². The molecular formula is C15H27ClN2. The van der Waals surface area contributed by atoms with E-state index >= 15 is 0 Å². The van der Waals surface area contributed by atoms with Crippen LogP contribution in [0.2, 0.25) is 0 Å². The fourth-order valence-electron chi connectivity index (χ4n) is 2.17. The molecule has 0 aliphatic rings. The van der Waals surface area contributed by atoms with Gasteiger partial charge in [0.1, 0.15) is 0 Å². The number of hydrogen-bond donors (Lipinski definition) is 0. The van der Waals surface area contributed by atoms with Gasteiger partial charge >= 0.3 is 0 Å². The highest BCUT2D eigenvalue weighted by Crippen LogP contribution is 2.14. The normalized spacial score (nSPS) is 11.8. The lowest BCUT2D eigenvalue weighted by Gasteiger charge is -2.13. The van der Waals surface area contributed by atoms with Crippen LogP contribution < -0.4 is 21.9 Å². The summed E-state index contributed by atoms with van der Waals surface area (Å²) in [6.07, 6.45) is 11.0. The lowest BCUT2D eigenvalue weighted by Crippen LogP contribution is -3.00. The van der Waals surface area contributed by atoms with Crippen LogP contribution in [0.25, 0.3) is 0 Å². The molecule has 0 saturated carbocycles. The smallest absolute Gasteiger partial charge is 0.171 e. The Bertz CT molecular complexity index is 309. The van der Waals surface area contributed by atoms with Crippen molar-refractivity contribution in [3.05, 3.63) is 24.5 Å². The highest BCUT2D eigenvalue weighted by Gasteiger charge is 2.15. The third kappa shape index (κ3) is 5.26. The van der Waals surface area contributed by atoms with Crippen LogP contribution in [0.5, 0.6) is 0 Å². The van der Waals surface area contributed by atoms with Gasteiger partial charge in [-0.05, 0) is 6.42 Å². The second kappa shape index (κ2) is 9.21. The summed E-state index contributed by atoms with van der Waals surface area (Å²) < 4.78 is 2.36. The van der Waals surface area contributed by atoms with Gasteiger partial charge in [-0.25, -0.2) is 4.57 Å². The molecule has 1 aromatic heterocycles. The Kier molecular flexibility index (Phi) is 8.82. The summed E-state index contributed by atoms with van der Waals surface area (Å²) in [5, 5.41) is 0. The molecule has 0 spiro atoms. The Morgan fingerprint density at radius 3 is 2.17 bits per heavy atom. The van der Waals surface area contributed by atoms with Crippen LogP contribution in [0.1, 0.15) is 52.0 Å². The summed E-state index contributed by atoms with van der Waals surface area (Å²) in [7, 11) is 4.16. The monoisotopic (exact) mass is 270 g/mol. The number of rotatable bonds is 7. The highest BCUT2D eigenvalue weighted by molar-refractivity contribution is 5.41. The predicted octanol–water partition coefficient (Wildman–Crippen LogP) is 0.576. The SMILES string of the molecule is CCCCCC(CC)[n+]1ccc(N(C)C)cc1.[Cl-]. The number of nitrogens with zero attached hydrogens (tertiary/aromatic N) is 2. The summed E-state index contributed by atoms with van der Waals surface area (Å²) in [5.41, 5.74) is 1.27. The quantitative estimate of drug-likeness (QED) is 0.519. The molecule has 1 aromatic rings. The molecule has 1 atom stereocenters. The average molecular weight is 271 g/mol. The first-order valence-corrected chi connectivity index (χ1v) is 6.87. The molecule has 0 aromatic carbocycles. The molecule has 0 radical (unpaired) electrons. The number of unbranched alkanes of at least 4 members (excludes halogenated alkanes) is 2. The van der Waals surface area contributed by atoms with Gasteiger partial charge in [0.05, 0.1) is 0 Å². The van der Waals surface area contributed by atoms with Gasteiger partial charge < -0.3 is 17.3 Å². The minimum absolute atomic E-state index is 0. The molecular weight excluding hydrogens is 244 g/mol. The summed E-state index contributed by atoms with van der Waals surface area (Å²) in [6, 6.07) is 5.06. The maximum absolute atomic E-state index is 2.36. The molecule has 1 unspecified atom stereocenters. The van der Waals surface area contributed by atoms with Gasteiger partial charge in [0.2, 0.25) is 0 Å². The molecule has 0 N–H and O–H groups in total. The number of aromatic nitrogens is 1. The molecule has 0 saturated heterocycles. The maximum Gasteiger partial charge on any atom is 0.171 e. The van der Waals surface area contributed by atoms with Gasteiger partial charge in [0.25, 0.3) is 0 Å². The van der Waals surface area contributed by atoms with Crippen LogP contribution >= 0.6 is 0 Å². The van der Waals surface area contributed by atoms with Crippen LogP contribution in [-0.2, 0) is 0 Å². The molecule has 104 valence electrons. The zero-order valence-electron chi connectivity index (χ0n) is 12.2. The van der Waals surface area contributed by atoms with Crippen LogP contribution in [-0.4, -0.2) is 14.1 Å². The first-order valence-electron chi connectivity index (χ1n) is 6.87. The van der Waals surface area contributed by atoms with E-state index in [4.69, 9.17) is 0 Å². The third-order valence-electron chi connectivity index (χ3n) is 3.39. The Labute approximate surface area is 118 Å². The van der Waals surface area contributed by atoms with Gasteiger partial charge in [-0.15, -0.1) is 0 Å². The second-order valence-corrected chi connectivity index (χ2v) is 4.96. The van der Waals surface area contributed by atoms with Crippen molar-refractivity contribution in [2.45, 2.75) is 52.0 Å². The first kappa shape index (κ1) is 17.2. The number of halogens is 1. The predicted molar refractivity (Wildman–Crippen MR) is 74.4 cm³/mol. The zero-order valence-corrected chi connectivity index (χ0v) is 13.0. The van der Waals surface area contributed by atoms with E-state index in [0.717, 1.165) is 0 Å². The molecule has 18 heavy (non-hydrogen) atoms. The minimum atomic E-state index is 0. The van der Waals surface area contributed by atoms with E-state index in [1.54, 1.807) is 0 Å². The Morgan fingerprint density at radius 1 is 1.11 bits per heavy atom. The van der Waals surface area contributed by atoms with Crippen molar-refractivity contribution in [1.82, 2.24) is 0 Å². The molecule has 0 aliphatic heterocycles. The van der Waals surface area contributed by atoms with Crippen molar-refractivity contribution in [2.24, 2.45) is 0 Å². The van der Waals surface area contributed by atoms with Crippen molar-refractivity contribution in [3.63, 3.8) is 0 Å². The van der Waals surface area contributed by atoms with Gasteiger partial charge in [-0.3, -0.25) is 0 Å². The van der Waals surface area contributed by atoms with E-state index in [9.17, 15) is 0 Å². The number of anilines is 1. The standard InChI is InChI=1S/C15H27N2.ClH/c1-5-7-8-9-14(6-2)17-12-10-15(11-13-17)16(3)4;/h10-14H,5-9H2,1-4H3;1H/q+1;/p-1. The van der Waals surface area contributed by atoms with Crippen LogP contribution in [0.3, 0.4) is 0 Å². The van der Waals surface area contributed by atoms with Crippen molar-refractivity contribution in [2.75, 3.05) is 19.0 Å². The largest absolute Gasteiger partial charge is 1.00 e. The van der Waals surface area contributed by atoms with E-state index in [1.165, 1.54) is 37.8 Å². The molecule has 1 heterocycles. The van der Waals surface area contributed by atoms with E-state index in [1.807, 2.05) is 0 Å². The summed E-state index contributed by atoms with van der Waals surface area (Å²) >= 11 is 0. The summed E-state index contributed by atoms with van der Waals surface area (Å²) in [6.45, 7) is 4.55. The maximum atomic E-state index is 2.36. The molecule has 3 heteroatoms. The fraction of sp³-hybridized carbons (Fsp3) is 0.667. The lowest BCUT2D eigenvalue weighted by atomic mass is 10.1. The van der Waals surface area contributed by atoms with Gasteiger partial charge in [-0.1, -0.05) is 26.7 Å². The lowest BCUT2D eigenvalue weighted by molar-refractivity contribution is -0.724. The molecule has 1 rings (SSSR count). The van der Waals surface area contributed by atoms with Crippen LogP contribution in [0.15, 0.2) is 24.5 Å². The minimum Gasteiger partial charge on any atom is -1.00 e. The molecule has 0 fully saturated rings. The van der Waals surface area contributed by atoms with Gasteiger partial charge in [0, 0.05) is 44.8 Å². The van der Waals surface area contributed by atoms with Crippen molar-refractivity contribution >= 4 is 5.69 Å². The van der Waals surface area contributed by atoms with E-state index in [-0.39, 0.29) is 12.4 Å². The molecule has 0 bridgehead atoms. The van der Waals surface area contributed by atoms with Crippen molar-refractivity contribution in [3.8, 4) is 0 Å². The summed E-state index contributed by atoms with van der Waals surface area (Å²) in [5.74, 6) is 0. The van der Waals surface area contributed by atoms with Gasteiger partial charge in [0.15, 0.2) is 18.4 Å². The van der Waals surface area contributed by atoms with Crippen LogP contribution in [0, 0.1) is 0 Å². The topological polar surface area (TPSA) is 7.12 Å². The molecule has 2 nitrogen and oxygen atoms in total. The second-order valence-electron chi connectivity index (χ2n) is 4.96. The van der Waals surface area contributed by atoms with Crippen molar-refractivity contribution < 1.29 is 17.0 Å². The molecule has 0 aliphatic carbocycles. The zero-order chi connectivity index (χ0) is 12.7. The Morgan fingerprint density at radius 2 is 1.72 bits per heavy atom.